The highest BCUT2D eigenvalue weighted by Crippen LogP contribution is 2.25. The van der Waals surface area contributed by atoms with Crippen LogP contribution in [-0.4, -0.2) is 29.6 Å². The molecule has 0 amide bonds. The summed E-state index contributed by atoms with van der Waals surface area (Å²) in [6.45, 7) is 7.32. The summed E-state index contributed by atoms with van der Waals surface area (Å²) in [4.78, 5) is 14.0. The second-order valence-corrected chi connectivity index (χ2v) is 6.20. The molecule has 1 fully saturated rings. The molecule has 0 atom stereocenters. The summed E-state index contributed by atoms with van der Waals surface area (Å²) in [6.07, 6.45) is 7.07. The van der Waals surface area contributed by atoms with Gasteiger partial charge in [0.05, 0.1) is 0 Å². The number of anilines is 3. The van der Waals surface area contributed by atoms with Gasteiger partial charge in [-0.2, -0.15) is 4.98 Å². The van der Waals surface area contributed by atoms with Crippen LogP contribution >= 0.6 is 0 Å². The largest absolute Gasteiger partial charge is 0.356 e. The first-order valence-electron chi connectivity index (χ1n) is 8.70. The van der Waals surface area contributed by atoms with E-state index in [9.17, 15) is 0 Å². The number of aromatic nitrogens is 2. The second kappa shape index (κ2) is 7.44. The molecular weight excluding hydrogens is 284 g/mol. The molecule has 0 unspecified atom stereocenters. The summed E-state index contributed by atoms with van der Waals surface area (Å²) in [5.41, 5.74) is 2.41. The van der Waals surface area contributed by atoms with Crippen molar-refractivity contribution in [1.82, 2.24) is 9.97 Å². The highest BCUT2D eigenvalue weighted by Gasteiger charge is 2.15. The molecule has 0 aliphatic carbocycles. The minimum absolute atomic E-state index is 0.792. The van der Waals surface area contributed by atoms with Crippen molar-refractivity contribution in [2.45, 2.75) is 39.5 Å². The first kappa shape index (κ1) is 15.8. The van der Waals surface area contributed by atoms with Gasteiger partial charge in [-0.05, 0) is 50.5 Å². The van der Waals surface area contributed by atoms with E-state index >= 15 is 0 Å². The molecule has 122 valence electrons. The van der Waals surface area contributed by atoms with E-state index in [-0.39, 0.29) is 0 Å². The lowest BCUT2D eigenvalue weighted by atomic mass is 10.2. The minimum Gasteiger partial charge on any atom is -0.356 e. The Kier molecular flexibility index (Phi) is 5.11. The van der Waals surface area contributed by atoms with Gasteiger partial charge in [-0.25, -0.2) is 4.98 Å². The first-order valence-corrected chi connectivity index (χ1v) is 8.70. The Labute approximate surface area is 139 Å². The summed E-state index contributed by atoms with van der Waals surface area (Å²) < 4.78 is 0. The monoisotopic (exact) mass is 310 g/mol. The number of hydrogen-bond donors (Lipinski definition) is 0. The van der Waals surface area contributed by atoms with Crippen molar-refractivity contribution in [3.8, 4) is 0 Å². The zero-order valence-corrected chi connectivity index (χ0v) is 14.2. The molecule has 1 aliphatic heterocycles. The van der Waals surface area contributed by atoms with Crippen LogP contribution in [0.1, 0.15) is 38.2 Å². The fourth-order valence-electron chi connectivity index (χ4n) is 3.18. The molecule has 2 heterocycles. The maximum absolute atomic E-state index is 4.86. The molecule has 23 heavy (non-hydrogen) atoms. The molecule has 0 spiro atoms. The SMILES string of the molecule is CCN(c1cccc(C)c1)c1nccc(N2CCCCCC2)n1. The Morgan fingerprint density at radius 3 is 2.57 bits per heavy atom. The summed E-state index contributed by atoms with van der Waals surface area (Å²) >= 11 is 0. The highest BCUT2D eigenvalue weighted by atomic mass is 15.3. The molecule has 0 saturated carbocycles. The Hall–Kier alpha value is -2.10. The van der Waals surface area contributed by atoms with Gasteiger partial charge in [0, 0.05) is 31.5 Å². The van der Waals surface area contributed by atoms with Crippen LogP contribution in [-0.2, 0) is 0 Å². The van der Waals surface area contributed by atoms with Crippen molar-refractivity contribution in [2.24, 2.45) is 0 Å². The predicted molar refractivity (Wildman–Crippen MR) is 96.6 cm³/mol. The van der Waals surface area contributed by atoms with Gasteiger partial charge in [-0.1, -0.05) is 25.0 Å². The van der Waals surface area contributed by atoms with Crippen molar-refractivity contribution in [3.05, 3.63) is 42.1 Å². The van der Waals surface area contributed by atoms with Crippen LogP contribution in [0, 0.1) is 6.92 Å². The van der Waals surface area contributed by atoms with E-state index in [4.69, 9.17) is 4.98 Å². The normalized spacial score (nSPS) is 15.3. The fourth-order valence-corrected chi connectivity index (χ4v) is 3.18. The number of hydrogen-bond acceptors (Lipinski definition) is 4. The molecule has 0 N–H and O–H groups in total. The summed E-state index contributed by atoms with van der Waals surface area (Å²) in [6, 6.07) is 10.6. The molecular formula is C19H26N4. The molecule has 0 radical (unpaired) electrons. The predicted octanol–water partition coefficient (Wildman–Crippen LogP) is 4.32. The molecule has 3 rings (SSSR count). The van der Waals surface area contributed by atoms with Crippen LogP contribution in [0.25, 0.3) is 0 Å². The molecule has 1 aliphatic rings. The van der Waals surface area contributed by atoms with Crippen molar-refractivity contribution >= 4 is 17.5 Å². The maximum atomic E-state index is 4.86. The third-order valence-electron chi connectivity index (χ3n) is 4.43. The van der Waals surface area contributed by atoms with Gasteiger partial charge < -0.3 is 9.80 Å². The second-order valence-electron chi connectivity index (χ2n) is 6.20. The van der Waals surface area contributed by atoms with Gasteiger partial charge in [0.15, 0.2) is 0 Å². The van der Waals surface area contributed by atoms with E-state index in [1.165, 1.54) is 31.2 Å². The lowest BCUT2D eigenvalue weighted by Crippen LogP contribution is -2.26. The van der Waals surface area contributed by atoms with Crippen molar-refractivity contribution in [2.75, 3.05) is 29.4 Å². The summed E-state index contributed by atoms with van der Waals surface area (Å²) in [5.74, 6) is 1.85. The van der Waals surface area contributed by atoms with Crippen molar-refractivity contribution < 1.29 is 0 Å². The third-order valence-corrected chi connectivity index (χ3v) is 4.43. The van der Waals surface area contributed by atoms with E-state index in [1.807, 2.05) is 12.3 Å². The number of aryl methyl sites for hydroxylation is 1. The van der Waals surface area contributed by atoms with E-state index in [1.54, 1.807) is 0 Å². The Morgan fingerprint density at radius 2 is 1.87 bits per heavy atom. The molecule has 2 aromatic rings. The number of nitrogens with zero attached hydrogens (tertiary/aromatic N) is 4. The number of benzene rings is 1. The van der Waals surface area contributed by atoms with Gasteiger partial charge in [0.25, 0.3) is 0 Å². The average molecular weight is 310 g/mol. The molecule has 0 bridgehead atoms. The lowest BCUT2D eigenvalue weighted by Gasteiger charge is -2.25. The molecule has 4 nitrogen and oxygen atoms in total. The molecule has 1 aromatic carbocycles. The van der Waals surface area contributed by atoms with Gasteiger partial charge in [-0.15, -0.1) is 0 Å². The molecule has 4 heteroatoms. The fraction of sp³-hybridized carbons (Fsp3) is 0.474. The number of rotatable bonds is 4. The standard InChI is InChI=1S/C19H26N4/c1-3-23(17-10-8-9-16(2)15-17)19-20-12-11-18(21-19)22-13-6-4-5-7-14-22/h8-12,15H,3-7,13-14H2,1-2H3. The van der Waals surface area contributed by atoms with Gasteiger partial charge >= 0.3 is 0 Å². The minimum atomic E-state index is 0.792. The summed E-state index contributed by atoms with van der Waals surface area (Å²) in [5, 5.41) is 0. The van der Waals surface area contributed by atoms with E-state index in [2.05, 4.69) is 52.9 Å². The zero-order chi connectivity index (χ0) is 16.1. The van der Waals surface area contributed by atoms with Crippen LogP contribution in [0.15, 0.2) is 36.5 Å². The van der Waals surface area contributed by atoms with Crippen LogP contribution in [0.4, 0.5) is 17.5 Å². The van der Waals surface area contributed by atoms with Gasteiger partial charge in [-0.3, -0.25) is 0 Å². The van der Waals surface area contributed by atoms with Crippen molar-refractivity contribution in [1.29, 1.82) is 0 Å². The van der Waals surface area contributed by atoms with E-state index < -0.39 is 0 Å². The van der Waals surface area contributed by atoms with Crippen LogP contribution < -0.4 is 9.80 Å². The molecule has 1 saturated heterocycles. The Bertz CT molecular complexity index is 633. The van der Waals surface area contributed by atoms with Crippen LogP contribution in [0.2, 0.25) is 0 Å². The third kappa shape index (κ3) is 3.81. The van der Waals surface area contributed by atoms with Gasteiger partial charge in [0.1, 0.15) is 5.82 Å². The quantitative estimate of drug-likeness (QED) is 0.841. The Balaban J connectivity index is 1.87. The van der Waals surface area contributed by atoms with Crippen molar-refractivity contribution in [3.63, 3.8) is 0 Å². The van der Waals surface area contributed by atoms with E-state index in [0.717, 1.165) is 37.1 Å². The van der Waals surface area contributed by atoms with Crippen LogP contribution in [0.5, 0.6) is 0 Å². The maximum Gasteiger partial charge on any atom is 0.231 e. The smallest absolute Gasteiger partial charge is 0.231 e. The topological polar surface area (TPSA) is 32.3 Å². The van der Waals surface area contributed by atoms with Crippen LogP contribution in [0.3, 0.4) is 0 Å². The lowest BCUT2D eigenvalue weighted by molar-refractivity contribution is 0.726. The summed E-state index contributed by atoms with van der Waals surface area (Å²) in [7, 11) is 0. The van der Waals surface area contributed by atoms with Gasteiger partial charge in [0.2, 0.25) is 5.95 Å². The molecule has 1 aromatic heterocycles. The first-order chi connectivity index (χ1) is 11.3. The Morgan fingerprint density at radius 1 is 1.09 bits per heavy atom. The average Bonchev–Trinajstić information content (AvgIpc) is 2.85. The van der Waals surface area contributed by atoms with E-state index in [0.29, 0.717) is 0 Å². The highest BCUT2D eigenvalue weighted by molar-refractivity contribution is 5.59. The zero-order valence-electron chi connectivity index (χ0n) is 14.2.